The number of hydrogen-bond donors (Lipinski definition) is 1. The fourth-order valence-electron chi connectivity index (χ4n) is 1.58. The molecule has 0 aromatic heterocycles. The molecule has 20 heavy (non-hydrogen) atoms. The van der Waals surface area contributed by atoms with Crippen LogP contribution in [0.2, 0.25) is 0 Å². The number of non-ortho nitro benzene ring substituents is 1. The van der Waals surface area contributed by atoms with Crippen molar-refractivity contribution < 1.29 is 14.5 Å². The normalized spacial score (nSPS) is 9.85. The number of nitrogens with zero attached hydrogens (tertiary/aromatic N) is 1. The molecule has 0 atom stereocenters. The number of aryl methyl sites for hydroxylation is 1. The van der Waals surface area contributed by atoms with E-state index >= 15 is 0 Å². The maximum Gasteiger partial charge on any atom is 0.417 e. The molecule has 0 fully saturated rings. The molecule has 6 nitrogen and oxygen atoms in total. The number of para-hydroxylation sites is 1. The quantitative estimate of drug-likeness (QED) is 0.684. The monoisotopic (exact) mass is 272 g/mol. The zero-order chi connectivity index (χ0) is 14.5. The fraction of sp³-hybridized carbons (Fsp3) is 0.0714. The third-order valence-corrected chi connectivity index (χ3v) is 2.62. The predicted octanol–water partition coefficient (Wildman–Crippen LogP) is 3.51. The summed E-state index contributed by atoms with van der Waals surface area (Å²) in [5.74, 6) is 0.465. The van der Waals surface area contributed by atoms with Crippen molar-refractivity contribution in [2.24, 2.45) is 0 Å². The Labute approximate surface area is 115 Å². The maximum absolute atomic E-state index is 11.7. The first-order valence-electron chi connectivity index (χ1n) is 5.85. The van der Waals surface area contributed by atoms with Crippen molar-refractivity contribution in [1.82, 2.24) is 0 Å². The number of nitrogens with one attached hydrogen (secondary N) is 1. The largest absolute Gasteiger partial charge is 0.417 e. The Kier molecular flexibility index (Phi) is 3.95. The molecule has 6 heteroatoms. The van der Waals surface area contributed by atoms with Gasteiger partial charge in [-0.15, -0.1) is 0 Å². The van der Waals surface area contributed by atoms with Gasteiger partial charge >= 0.3 is 6.09 Å². The molecule has 1 N–H and O–H groups in total. The smallest absolute Gasteiger partial charge is 0.410 e. The van der Waals surface area contributed by atoms with Crippen LogP contribution in [0.5, 0.6) is 5.75 Å². The summed E-state index contributed by atoms with van der Waals surface area (Å²) in [6.45, 7) is 1.83. The van der Waals surface area contributed by atoms with E-state index in [9.17, 15) is 14.9 Å². The lowest BCUT2D eigenvalue weighted by Gasteiger charge is -2.08. The van der Waals surface area contributed by atoms with Gasteiger partial charge < -0.3 is 4.74 Å². The van der Waals surface area contributed by atoms with Gasteiger partial charge in [0, 0.05) is 17.8 Å². The van der Waals surface area contributed by atoms with Crippen LogP contribution in [0.4, 0.5) is 16.2 Å². The molecule has 0 unspecified atom stereocenters. The second-order valence-corrected chi connectivity index (χ2v) is 4.08. The Morgan fingerprint density at radius 2 is 1.80 bits per heavy atom. The summed E-state index contributed by atoms with van der Waals surface area (Å²) in [7, 11) is 0. The highest BCUT2D eigenvalue weighted by atomic mass is 16.6. The number of anilines is 1. The van der Waals surface area contributed by atoms with E-state index in [1.807, 2.05) is 19.1 Å². The summed E-state index contributed by atoms with van der Waals surface area (Å²) < 4.78 is 5.14. The number of nitro groups is 1. The van der Waals surface area contributed by atoms with Gasteiger partial charge in [-0.1, -0.05) is 18.2 Å². The summed E-state index contributed by atoms with van der Waals surface area (Å²) in [5.41, 5.74) is 1.23. The van der Waals surface area contributed by atoms with Gasteiger partial charge in [-0.3, -0.25) is 15.4 Å². The van der Waals surface area contributed by atoms with E-state index in [-0.39, 0.29) is 5.69 Å². The molecular weight excluding hydrogens is 260 g/mol. The van der Waals surface area contributed by atoms with E-state index in [0.717, 1.165) is 5.56 Å². The molecular formula is C14H12N2O4. The van der Waals surface area contributed by atoms with Crippen LogP contribution in [0.15, 0.2) is 48.5 Å². The van der Waals surface area contributed by atoms with Gasteiger partial charge in [0.05, 0.1) is 4.92 Å². The SMILES string of the molecule is Cc1ccccc1OC(=O)Nc1ccc([N+](=O)[O-])cc1. The first-order valence-corrected chi connectivity index (χ1v) is 5.85. The van der Waals surface area contributed by atoms with Crippen LogP contribution in [0.1, 0.15) is 5.56 Å². The summed E-state index contributed by atoms with van der Waals surface area (Å²) >= 11 is 0. The zero-order valence-corrected chi connectivity index (χ0v) is 10.7. The number of benzene rings is 2. The molecule has 2 rings (SSSR count). The van der Waals surface area contributed by atoms with Gasteiger partial charge in [0.15, 0.2) is 0 Å². The molecule has 102 valence electrons. The highest BCUT2D eigenvalue weighted by molar-refractivity contribution is 5.86. The molecule has 1 amide bonds. The highest BCUT2D eigenvalue weighted by Crippen LogP contribution is 2.18. The first kappa shape index (κ1) is 13.5. The van der Waals surface area contributed by atoms with Crippen LogP contribution in [-0.2, 0) is 0 Å². The number of ether oxygens (including phenoxy) is 1. The van der Waals surface area contributed by atoms with Gasteiger partial charge in [0.25, 0.3) is 5.69 Å². The number of rotatable bonds is 3. The minimum atomic E-state index is -0.645. The van der Waals surface area contributed by atoms with Crippen LogP contribution in [-0.4, -0.2) is 11.0 Å². The Morgan fingerprint density at radius 1 is 1.15 bits per heavy atom. The van der Waals surface area contributed by atoms with E-state index in [1.165, 1.54) is 24.3 Å². The molecule has 0 aliphatic carbocycles. The Balaban J connectivity index is 2.01. The summed E-state index contributed by atoms with van der Waals surface area (Å²) in [6, 6.07) is 12.6. The molecule has 2 aromatic rings. The van der Waals surface area contributed by atoms with Crippen molar-refractivity contribution in [3.05, 3.63) is 64.2 Å². The molecule has 0 bridgehead atoms. The molecule has 0 aliphatic rings. The molecule has 0 spiro atoms. The van der Waals surface area contributed by atoms with E-state index in [0.29, 0.717) is 11.4 Å². The Bertz CT molecular complexity index is 638. The van der Waals surface area contributed by atoms with Gasteiger partial charge in [-0.2, -0.15) is 0 Å². The molecule has 0 saturated heterocycles. The van der Waals surface area contributed by atoms with Crippen molar-refractivity contribution in [1.29, 1.82) is 0 Å². The number of carbonyl (C=O) groups is 1. The van der Waals surface area contributed by atoms with Gasteiger partial charge in [-0.25, -0.2) is 4.79 Å². The van der Waals surface area contributed by atoms with Crippen LogP contribution < -0.4 is 10.1 Å². The number of hydrogen-bond acceptors (Lipinski definition) is 4. The number of amides is 1. The van der Waals surface area contributed by atoms with Crippen LogP contribution in [0.3, 0.4) is 0 Å². The van der Waals surface area contributed by atoms with Crippen molar-refractivity contribution in [3.63, 3.8) is 0 Å². The molecule has 0 aliphatic heterocycles. The zero-order valence-electron chi connectivity index (χ0n) is 10.7. The van der Waals surface area contributed by atoms with Crippen molar-refractivity contribution >= 4 is 17.5 Å². The number of carbonyl (C=O) groups excluding carboxylic acids is 1. The fourth-order valence-corrected chi connectivity index (χ4v) is 1.58. The standard InChI is InChI=1S/C14H12N2O4/c1-10-4-2-3-5-13(10)20-14(17)15-11-6-8-12(9-7-11)16(18)19/h2-9H,1H3,(H,15,17). The lowest BCUT2D eigenvalue weighted by Crippen LogP contribution is -2.17. The first-order chi connectivity index (χ1) is 9.56. The maximum atomic E-state index is 11.7. The van der Waals surface area contributed by atoms with Gasteiger partial charge in [-0.05, 0) is 30.7 Å². The van der Waals surface area contributed by atoms with Gasteiger partial charge in [0.2, 0.25) is 0 Å². The van der Waals surface area contributed by atoms with Gasteiger partial charge in [0.1, 0.15) is 5.75 Å². The minimum absolute atomic E-state index is 0.0391. The topological polar surface area (TPSA) is 81.5 Å². The summed E-state index contributed by atoms with van der Waals surface area (Å²) in [5, 5.41) is 13.0. The number of nitro benzene ring substituents is 1. The third kappa shape index (κ3) is 3.32. The van der Waals surface area contributed by atoms with E-state index in [1.54, 1.807) is 12.1 Å². The lowest BCUT2D eigenvalue weighted by molar-refractivity contribution is -0.384. The van der Waals surface area contributed by atoms with Crippen molar-refractivity contribution in [2.75, 3.05) is 5.32 Å². The molecule has 0 saturated carbocycles. The summed E-state index contributed by atoms with van der Waals surface area (Å²) in [6.07, 6.45) is -0.645. The second kappa shape index (κ2) is 5.83. The average Bonchev–Trinajstić information content (AvgIpc) is 2.42. The highest BCUT2D eigenvalue weighted by Gasteiger charge is 2.08. The molecule has 0 heterocycles. The van der Waals surface area contributed by atoms with E-state index in [2.05, 4.69) is 5.32 Å². The van der Waals surface area contributed by atoms with E-state index < -0.39 is 11.0 Å². The Morgan fingerprint density at radius 3 is 2.40 bits per heavy atom. The van der Waals surface area contributed by atoms with E-state index in [4.69, 9.17) is 4.74 Å². The molecule has 0 radical (unpaired) electrons. The van der Waals surface area contributed by atoms with Crippen LogP contribution in [0, 0.1) is 17.0 Å². The average molecular weight is 272 g/mol. The minimum Gasteiger partial charge on any atom is -0.410 e. The van der Waals surface area contributed by atoms with Crippen LogP contribution >= 0.6 is 0 Å². The van der Waals surface area contributed by atoms with Crippen LogP contribution in [0.25, 0.3) is 0 Å². The van der Waals surface area contributed by atoms with Crippen molar-refractivity contribution in [2.45, 2.75) is 6.92 Å². The Hall–Kier alpha value is -2.89. The lowest BCUT2D eigenvalue weighted by atomic mass is 10.2. The second-order valence-electron chi connectivity index (χ2n) is 4.08. The summed E-state index contributed by atoms with van der Waals surface area (Å²) in [4.78, 5) is 21.7. The van der Waals surface area contributed by atoms with Crippen molar-refractivity contribution in [3.8, 4) is 5.75 Å². The predicted molar refractivity (Wildman–Crippen MR) is 73.9 cm³/mol. The molecule has 2 aromatic carbocycles. The third-order valence-electron chi connectivity index (χ3n) is 2.62.